The van der Waals surface area contributed by atoms with Crippen LogP contribution in [0.4, 0.5) is 20.2 Å². The number of halogens is 2. The van der Waals surface area contributed by atoms with Crippen molar-refractivity contribution in [1.29, 1.82) is 0 Å². The van der Waals surface area contributed by atoms with Gasteiger partial charge >= 0.3 is 0 Å². The Labute approximate surface area is 226 Å². The second kappa shape index (κ2) is 11.1. The number of H-pyrrole nitrogens is 1. The Morgan fingerprint density at radius 3 is 2.23 bits per heavy atom. The van der Waals surface area contributed by atoms with Gasteiger partial charge in [-0.25, -0.2) is 8.78 Å². The van der Waals surface area contributed by atoms with E-state index in [1.54, 1.807) is 6.20 Å². The van der Waals surface area contributed by atoms with Crippen molar-refractivity contribution in [2.45, 2.75) is 18.3 Å². The summed E-state index contributed by atoms with van der Waals surface area (Å²) in [5.41, 5.74) is 3.41. The van der Waals surface area contributed by atoms with E-state index in [-0.39, 0.29) is 25.2 Å². The number of ether oxygens (including phenoxy) is 3. The molecule has 202 valence electrons. The SMILES string of the molecule is Fc1ccc(C2(Cc3ccc[nH]3)OCC(COc3ccc(N4CCN(c5ccccc5)CC4)cc3)O2)c(F)c1. The lowest BCUT2D eigenvalue weighted by Gasteiger charge is -2.37. The van der Waals surface area contributed by atoms with E-state index in [0.29, 0.717) is 0 Å². The molecule has 2 saturated heterocycles. The van der Waals surface area contributed by atoms with E-state index < -0.39 is 23.5 Å². The van der Waals surface area contributed by atoms with E-state index in [2.05, 4.69) is 51.2 Å². The minimum atomic E-state index is -1.37. The molecule has 8 heteroatoms. The molecule has 2 unspecified atom stereocenters. The van der Waals surface area contributed by atoms with Crippen molar-refractivity contribution in [3.05, 3.63) is 114 Å². The van der Waals surface area contributed by atoms with Crippen molar-refractivity contribution in [1.82, 2.24) is 4.98 Å². The van der Waals surface area contributed by atoms with Gasteiger partial charge in [0, 0.05) is 67.5 Å². The first-order valence-electron chi connectivity index (χ1n) is 13.3. The number of aromatic amines is 1. The normalized spacial score (nSPS) is 21.3. The van der Waals surface area contributed by atoms with Gasteiger partial charge in [0.05, 0.1) is 6.61 Å². The maximum atomic E-state index is 14.8. The molecule has 3 heterocycles. The van der Waals surface area contributed by atoms with Crippen LogP contribution < -0.4 is 14.5 Å². The zero-order valence-electron chi connectivity index (χ0n) is 21.6. The fourth-order valence-electron chi connectivity index (χ4n) is 5.31. The number of hydrogen-bond acceptors (Lipinski definition) is 5. The Kier molecular flexibility index (Phi) is 7.22. The van der Waals surface area contributed by atoms with Gasteiger partial charge in [-0.1, -0.05) is 18.2 Å². The van der Waals surface area contributed by atoms with Gasteiger partial charge in [0.25, 0.3) is 0 Å². The number of para-hydroxylation sites is 1. The highest BCUT2D eigenvalue weighted by molar-refractivity contribution is 5.53. The Bertz CT molecular complexity index is 1360. The van der Waals surface area contributed by atoms with Crippen LogP contribution in [0.15, 0.2) is 91.1 Å². The molecule has 0 radical (unpaired) electrons. The van der Waals surface area contributed by atoms with Gasteiger partial charge in [-0.3, -0.25) is 0 Å². The predicted molar refractivity (Wildman–Crippen MR) is 146 cm³/mol. The molecule has 39 heavy (non-hydrogen) atoms. The van der Waals surface area contributed by atoms with Crippen LogP contribution in [0.5, 0.6) is 5.75 Å². The summed E-state index contributed by atoms with van der Waals surface area (Å²) in [6.07, 6.45) is 1.62. The van der Waals surface area contributed by atoms with Gasteiger partial charge in [0.15, 0.2) is 0 Å². The van der Waals surface area contributed by atoms with E-state index in [1.165, 1.54) is 17.8 Å². The van der Waals surface area contributed by atoms with Crippen molar-refractivity contribution >= 4 is 11.4 Å². The molecule has 0 aliphatic carbocycles. The van der Waals surface area contributed by atoms with E-state index in [9.17, 15) is 8.78 Å². The third-order valence-electron chi connectivity index (χ3n) is 7.33. The maximum Gasteiger partial charge on any atom is 0.203 e. The van der Waals surface area contributed by atoms with Crippen molar-refractivity contribution in [2.24, 2.45) is 0 Å². The molecule has 2 fully saturated rings. The average Bonchev–Trinajstić information content (AvgIpc) is 3.63. The molecule has 0 bridgehead atoms. The van der Waals surface area contributed by atoms with Crippen molar-refractivity contribution < 1.29 is 23.0 Å². The van der Waals surface area contributed by atoms with Crippen molar-refractivity contribution in [3.63, 3.8) is 0 Å². The summed E-state index contributed by atoms with van der Waals surface area (Å²) in [6.45, 7) is 4.31. The number of benzene rings is 3. The third kappa shape index (κ3) is 5.62. The van der Waals surface area contributed by atoms with Crippen LogP contribution in [0.3, 0.4) is 0 Å². The van der Waals surface area contributed by atoms with Gasteiger partial charge in [0.1, 0.15) is 30.1 Å². The Balaban J connectivity index is 1.06. The number of piperazine rings is 1. The van der Waals surface area contributed by atoms with E-state index >= 15 is 0 Å². The molecule has 1 N–H and O–H groups in total. The summed E-state index contributed by atoms with van der Waals surface area (Å²) >= 11 is 0. The van der Waals surface area contributed by atoms with Crippen LogP contribution in [0.2, 0.25) is 0 Å². The number of aromatic nitrogens is 1. The molecule has 6 rings (SSSR count). The Morgan fingerprint density at radius 1 is 0.846 bits per heavy atom. The highest BCUT2D eigenvalue weighted by Crippen LogP contribution is 2.39. The average molecular weight is 532 g/mol. The summed E-state index contributed by atoms with van der Waals surface area (Å²) in [4.78, 5) is 7.90. The summed E-state index contributed by atoms with van der Waals surface area (Å²) in [7, 11) is 0. The van der Waals surface area contributed by atoms with Crippen LogP contribution in [0.25, 0.3) is 0 Å². The van der Waals surface area contributed by atoms with Crippen LogP contribution in [-0.4, -0.2) is 50.5 Å². The number of anilines is 2. The van der Waals surface area contributed by atoms with Gasteiger partial charge in [0.2, 0.25) is 5.79 Å². The van der Waals surface area contributed by atoms with Crippen LogP contribution >= 0.6 is 0 Å². The lowest BCUT2D eigenvalue weighted by Crippen LogP contribution is -2.46. The zero-order chi connectivity index (χ0) is 26.7. The topological polar surface area (TPSA) is 50.0 Å². The van der Waals surface area contributed by atoms with Crippen molar-refractivity contribution in [3.8, 4) is 5.75 Å². The van der Waals surface area contributed by atoms with E-state index in [1.807, 2.05) is 30.3 Å². The molecule has 2 aliphatic rings. The molecule has 3 aromatic carbocycles. The molecule has 1 aromatic heterocycles. The summed E-state index contributed by atoms with van der Waals surface area (Å²) in [5, 5.41) is 0. The fraction of sp³-hybridized carbons (Fsp3) is 0.290. The number of nitrogens with one attached hydrogen (secondary N) is 1. The smallest absolute Gasteiger partial charge is 0.203 e. The quantitative estimate of drug-likeness (QED) is 0.325. The van der Waals surface area contributed by atoms with Gasteiger partial charge in [-0.2, -0.15) is 0 Å². The number of nitrogens with zero attached hydrogens (tertiary/aromatic N) is 2. The molecule has 4 aromatic rings. The summed E-state index contributed by atoms with van der Waals surface area (Å²) in [6, 6.07) is 25.7. The minimum absolute atomic E-state index is 0.165. The molecular weight excluding hydrogens is 500 g/mol. The largest absolute Gasteiger partial charge is 0.491 e. The molecule has 2 aliphatic heterocycles. The summed E-state index contributed by atoms with van der Waals surface area (Å²) in [5.74, 6) is -2.00. The minimum Gasteiger partial charge on any atom is -0.491 e. The number of hydrogen-bond donors (Lipinski definition) is 1. The second-order valence-electron chi connectivity index (χ2n) is 9.91. The molecule has 0 saturated carbocycles. The third-order valence-corrected chi connectivity index (χ3v) is 7.33. The van der Waals surface area contributed by atoms with Crippen LogP contribution in [0.1, 0.15) is 11.3 Å². The number of rotatable bonds is 8. The fourth-order valence-corrected chi connectivity index (χ4v) is 5.31. The monoisotopic (exact) mass is 531 g/mol. The maximum absolute atomic E-state index is 14.8. The lowest BCUT2D eigenvalue weighted by atomic mass is 10.00. The highest BCUT2D eigenvalue weighted by atomic mass is 19.1. The Morgan fingerprint density at radius 2 is 1.56 bits per heavy atom. The van der Waals surface area contributed by atoms with E-state index in [4.69, 9.17) is 14.2 Å². The predicted octanol–water partition coefficient (Wildman–Crippen LogP) is 5.51. The van der Waals surface area contributed by atoms with Gasteiger partial charge in [-0.15, -0.1) is 0 Å². The first kappa shape index (κ1) is 25.4. The summed E-state index contributed by atoms with van der Waals surface area (Å²) < 4.78 is 46.8. The van der Waals surface area contributed by atoms with Crippen molar-refractivity contribution in [2.75, 3.05) is 49.2 Å². The molecule has 0 amide bonds. The molecule has 2 atom stereocenters. The Hall–Kier alpha value is -3.88. The second-order valence-corrected chi connectivity index (χ2v) is 9.91. The molecule has 0 spiro atoms. The first-order chi connectivity index (χ1) is 19.1. The van der Waals surface area contributed by atoms with Crippen LogP contribution in [-0.2, 0) is 21.7 Å². The van der Waals surface area contributed by atoms with E-state index in [0.717, 1.165) is 49.4 Å². The van der Waals surface area contributed by atoms with Gasteiger partial charge < -0.3 is 29.0 Å². The molecule has 6 nitrogen and oxygen atoms in total. The first-order valence-corrected chi connectivity index (χ1v) is 13.3. The zero-order valence-corrected chi connectivity index (χ0v) is 21.6. The van der Waals surface area contributed by atoms with Crippen LogP contribution in [0, 0.1) is 11.6 Å². The van der Waals surface area contributed by atoms with Gasteiger partial charge in [-0.05, 0) is 60.7 Å². The molecular formula is C31H31F2N3O3. The standard InChI is InChI=1S/C31H31F2N3O3/c32-23-8-13-29(30(33)19-23)31(20-24-5-4-14-34-24)38-22-28(39-31)21-37-27-11-9-26(10-12-27)36-17-15-35(16-18-36)25-6-2-1-3-7-25/h1-14,19,28,34H,15-18,20-22H2. The lowest BCUT2D eigenvalue weighted by molar-refractivity contribution is -0.180. The highest BCUT2D eigenvalue weighted by Gasteiger charge is 2.45.